The Morgan fingerprint density at radius 1 is 1.52 bits per heavy atom. The number of carbonyl (C=O) groups excluding carboxylic acids is 1. The average Bonchev–Trinajstić information content (AvgIpc) is 3.22. The minimum absolute atomic E-state index is 0.0719. The molecule has 6 nitrogen and oxygen atoms in total. The Balaban J connectivity index is 1.62. The van der Waals surface area contributed by atoms with Gasteiger partial charge in [-0.1, -0.05) is 0 Å². The molecular formula is C15H22N2O4. The predicted molar refractivity (Wildman–Crippen MR) is 75.2 cm³/mol. The van der Waals surface area contributed by atoms with Gasteiger partial charge in [-0.3, -0.25) is 4.79 Å². The summed E-state index contributed by atoms with van der Waals surface area (Å²) in [6, 6.07) is 0. The van der Waals surface area contributed by atoms with Crippen molar-refractivity contribution in [2.24, 2.45) is 0 Å². The van der Waals surface area contributed by atoms with Crippen LogP contribution in [0.4, 0.5) is 0 Å². The van der Waals surface area contributed by atoms with Gasteiger partial charge in [0, 0.05) is 19.0 Å². The number of oxazole rings is 1. The number of hydrogen-bond acceptors (Lipinski definition) is 5. The molecule has 1 atom stereocenters. The summed E-state index contributed by atoms with van der Waals surface area (Å²) in [5, 5.41) is 0. The number of morpholine rings is 1. The summed E-state index contributed by atoms with van der Waals surface area (Å²) in [5.41, 5.74) is 0.821. The highest BCUT2D eigenvalue weighted by Gasteiger charge is 2.35. The van der Waals surface area contributed by atoms with Gasteiger partial charge in [0.05, 0.1) is 31.1 Å². The lowest BCUT2D eigenvalue weighted by Crippen LogP contribution is -2.47. The first-order valence-electron chi connectivity index (χ1n) is 7.61. The summed E-state index contributed by atoms with van der Waals surface area (Å²) in [5.74, 6) is 0.735. The topological polar surface area (TPSA) is 64.8 Å². The first-order chi connectivity index (χ1) is 10.1. The van der Waals surface area contributed by atoms with Crippen molar-refractivity contribution in [3.63, 3.8) is 0 Å². The monoisotopic (exact) mass is 294 g/mol. The van der Waals surface area contributed by atoms with Crippen LogP contribution in [0.3, 0.4) is 0 Å². The van der Waals surface area contributed by atoms with E-state index in [0.717, 1.165) is 18.5 Å². The minimum Gasteiger partial charge on any atom is -0.438 e. The van der Waals surface area contributed by atoms with Gasteiger partial charge in [0.15, 0.2) is 6.39 Å². The van der Waals surface area contributed by atoms with Gasteiger partial charge in [0.25, 0.3) is 5.91 Å². The van der Waals surface area contributed by atoms with Crippen LogP contribution >= 0.6 is 0 Å². The van der Waals surface area contributed by atoms with Gasteiger partial charge in [-0.2, -0.15) is 0 Å². The fourth-order valence-corrected chi connectivity index (χ4v) is 2.51. The predicted octanol–water partition coefficient (Wildman–Crippen LogP) is 1.82. The zero-order valence-corrected chi connectivity index (χ0v) is 12.6. The van der Waals surface area contributed by atoms with Crippen LogP contribution in [-0.4, -0.2) is 54.3 Å². The standard InChI is InChI=1S/C15H22N2O4/c1-10(2)20-8-12-7-17(5-6-19-12)15(18)14-13(11-3-4-11)16-9-21-14/h9-12H,3-8H2,1-2H3. The van der Waals surface area contributed by atoms with Gasteiger partial charge >= 0.3 is 0 Å². The lowest BCUT2D eigenvalue weighted by molar-refractivity contribution is -0.0729. The molecule has 21 heavy (non-hydrogen) atoms. The van der Waals surface area contributed by atoms with Crippen molar-refractivity contribution in [2.45, 2.75) is 44.8 Å². The van der Waals surface area contributed by atoms with Crippen LogP contribution in [0.25, 0.3) is 0 Å². The Hall–Kier alpha value is -1.40. The van der Waals surface area contributed by atoms with Gasteiger partial charge in [-0.05, 0) is 26.7 Å². The molecule has 0 N–H and O–H groups in total. The fraction of sp³-hybridized carbons (Fsp3) is 0.733. The number of rotatable bonds is 5. The van der Waals surface area contributed by atoms with E-state index in [1.165, 1.54) is 6.39 Å². The molecule has 1 unspecified atom stereocenters. The quantitative estimate of drug-likeness (QED) is 0.828. The molecule has 1 aliphatic heterocycles. The van der Waals surface area contributed by atoms with Crippen molar-refractivity contribution in [1.82, 2.24) is 9.88 Å². The Kier molecular flexibility index (Phi) is 4.26. The molecule has 116 valence electrons. The Labute approximate surface area is 124 Å². The molecule has 1 amide bonds. The third-order valence-electron chi connectivity index (χ3n) is 3.79. The van der Waals surface area contributed by atoms with E-state index in [4.69, 9.17) is 13.9 Å². The lowest BCUT2D eigenvalue weighted by atomic mass is 10.2. The number of nitrogens with zero attached hydrogens (tertiary/aromatic N) is 2. The highest BCUT2D eigenvalue weighted by atomic mass is 16.5. The molecule has 0 bridgehead atoms. The summed E-state index contributed by atoms with van der Waals surface area (Å²) >= 11 is 0. The maximum Gasteiger partial charge on any atom is 0.291 e. The van der Waals surface area contributed by atoms with Gasteiger partial charge in [0.2, 0.25) is 5.76 Å². The van der Waals surface area contributed by atoms with Crippen molar-refractivity contribution in [3.05, 3.63) is 17.8 Å². The fourth-order valence-electron chi connectivity index (χ4n) is 2.51. The summed E-state index contributed by atoms with van der Waals surface area (Å²) in [4.78, 5) is 18.6. The van der Waals surface area contributed by atoms with Crippen LogP contribution in [0, 0.1) is 0 Å². The van der Waals surface area contributed by atoms with E-state index in [-0.39, 0.29) is 18.1 Å². The van der Waals surface area contributed by atoms with Crippen LogP contribution in [0.1, 0.15) is 48.9 Å². The zero-order valence-electron chi connectivity index (χ0n) is 12.6. The number of hydrogen-bond donors (Lipinski definition) is 0. The van der Waals surface area contributed by atoms with E-state index in [1.54, 1.807) is 4.90 Å². The van der Waals surface area contributed by atoms with E-state index in [0.29, 0.717) is 38.0 Å². The van der Waals surface area contributed by atoms with E-state index in [9.17, 15) is 4.79 Å². The number of aromatic nitrogens is 1. The molecule has 6 heteroatoms. The molecule has 2 aliphatic rings. The average molecular weight is 294 g/mol. The molecule has 2 fully saturated rings. The second kappa shape index (κ2) is 6.15. The highest BCUT2D eigenvalue weighted by Crippen LogP contribution is 2.41. The van der Waals surface area contributed by atoms with E-state index in [2.05, 4.69) is 4.98 Å². The van der Waals surface area contributed by atoms with E-state index >= 15 is 0 Å². The second-order valence-corrected chi connectivity index (χ2v) is 5.97. The van der Waals surface area contributed by atoms with Crippen LogP contribution in [-0.2, 0) is 9.47 Å². The number of amides is 1. The molecular weight excluding hydrogens is 272 g/mol. The molecule has 0 radical (unpaired) electrons. The molecule has 0 aromatic carbocycles. The molecule has 1 saturated heterocycles. The van der Waals surface area contributed by atoms with Crippen molar-refractivity contribution in [2.75, 3.05) is 26.3 Å². The first kappa shape index (κ1) is 14.5. The van der Waals surface area contributed by atoms with Crippen LogP contribution in [0.5, 0.6) is 0 Å². The van der Waals surface area contributed by atoms with Crippen LogP contribution < -0.4 is 0 Å². The van der Waals surface area contributed by atoms with Gasteiger partial charge in [-0.25, -0.2) is 4.98 Å². The molecule has 2 heterocycles. The molecule has 0 spiro atoms. The minimum atomic E-state index is -0.0766. The third kappa shape index (κ3) is 3.44. The molecule has 1 aromatic rings. The normalized spacial score (nSPS) is 22.8. The third-order valence-corrected chi connectivity index (χ3v) is 3.79. The number of ether oxygens (including phenoxy) is 2. The number of carbonyl (C=O) groups is 1. The summed E-state index contributed by atoms with van der Waals surface area (Å²) in [6.45, 7) is 6.14. The second-order valence-electron chi connectivity index (χ2n) is 5.97. The Morgan fingerprint density at radius 2 is 2.33 bits per heavy atom. The largest absolute Gasteiger partial charge is 0.438 e. The van der Waals surface area contributed by atoms with Crippen molar-refractivity contribution >= 4 is 5.91 Å². The van der Waals surface area contributed by atoms with Gasteiger partial charge < -0.3 is 18.8 Å². The smallest absolute Gasteiger partial charge is 0.291 e. The summed E-state index contributed by atoms with van der Waals surface area (Å²) < 4.78 is 16.6. The van der Waals surface area contributed by atoms with Crippen molar-refractivity contribution < 1.29 is 18.7 Å². The Morgan fingerprint density at radius 3 is 3.05 bits per heavy atom. The van der Waals surface area contributed by atoms with Crippen molar-refractivity contribution in [3.8, 4) is 0 Å². The van der Waals surface area contributed by atoms with E-state index < -0.39 is 0 Å². The van der Waals surface area contributed by atoms with E-state index in [1.807, 2.05) is 13.8 Å². The Bertz CT molecular complexity index is 496. The molecule has 1 aromatic heterocycles. The van der Waals surface area contributed by atoms with Crippen molar-refractivity contribution in [1.29, 1.82) is 0 Å². The SMILES string of the molecule is CC(C)OCC1CN(C(=O)c2ocnc2C2CC2)CCO1. The summed E-state index contributed by atoms with van der Waals surface area (Å²) in [6.07, 6.45) is 3.66. The van der Waals surface area contributed by atoms with Gasteiger partial charge in [0.1, 0.15) is 0 Å². The highest BCUT2D eigenvalue weighted by molar-refractivity contribution is 5.92. The van der Waals surface area contributed by atoms with Crippen LogP contribution in [0.15, 0.2) is 10.8 Å². The first-order valence-corrected chi connectivity index (χ1v) is 7.61. The molecule has 3 rings (SSSR count). The molecule has 1 saturated carbocycles. The summed E-state index contributed by atoms with van der Waals surface area (Å²) in [7, 11) is 0. The molecule has 1 aliphatic carbocycles. The maximum atomic E-state index is 12.6. The lowest BCUT2D eigenvalue weighted by Gasteiger charge is -2.32. The zero-order chi connectivity index (χ0) is 14.8. The van der Waals surface area contributed by atoms with Crippen LogP contribution in [0.2, 0.25) is 0 Å². The maximum absolute atomic E-state index is 12.6. The van der Waals surface area contributed by atoms with Gasteiger partial charge in [-0.15, -0.1) is 0 Å².